The predicted octanol–water partition coefficient (Wildman–Crippen LogP) is 7.14. The Morgan fingerprint density at radius 2 is 1.85 bits per heavy atom. The van der Waals surface area contributed by atoms with Gasteiger partial charge in [-0.25, -0.2) is 0 Å². The highest BCUT2D eigenvalue weighted by molar-refractivity contribution is 5.44. The fraction of sp³-hybridized carbons (Fsp3) is 0.459. The highest BCUT2D eigenvalue weighted by Crippen LogP contribution is 2.53. The first-order valence-electron chi connectivity index (χ1n) is 15.8. The molecule has 9 unspecified atom stereocenters. The first kappa shape index (κ1) is 26.3. The summed E-state index contributed by atoms with van der Waals surface area (Å²) in [6, 6.07) is 6.42. The molecule has 0 bridgehead atoms. The van der Waals surface area contributed by atoms with Gasteiger partial charge in [-0.05, 0) is 86.5 Å². The monoisotopic (exact) mass is 540 g/mol. The highest BCUT2D eigenvalue weighted by atomic mass is 15.2. The molecule has 1 N–H and O–H groups in total. The quantitative estimate of drug-likeness (QED) is 0.377. The Kier molecular flexibility index (Phi) is 7.28. The van der Waals surface area contributed by atoms with E-state index in [4.69, 9.17) is 0 Å². The average molecular weight is 541 g/mol. The number of nitrogens with zero attached hydrogens (tertiary/aromatic N) is 3. The number of likely N-dealkylation sites (tertiary alicyclic amines) is 1. The Balaban J connectivity index is 1.14. The smallest absolute Gasteiger partial charge is 0.0988 e. The van der Waals surface area contributed by atoms with Crippen LogP contribution in [-0.4, -0.2) is 29.1 Å². The van der Waals surface area contributed by atoms with Crippen molar-refractivity contribution >= 4 is 0 Å². The maximum atomic E-state index is 9.98. The summed E-state index contributed by atoms with van der Waals surface area (Å²) in [5.41, 5.74) is 5.17. The maximum absolute atomic E-state index is 9.98. The lowest BCUT2D eigenvalue weighted by atomic mass is 9.72. The van der Waals surface area contributed by atoms with Gasteiger partial charge < -0.3 is 10.2 Å². The lowest BCUT2D eigenvalue weighted by Gasteiger charge is -2.40. The van der Waals surface area contributed by atoms with E-state index in [0.717, 1.165) is 44.1 Å². The lowest BCUT2D eigenvalue weighted by molar-refractivity contribution is 0.229. The lowest BCUT2D eigenvalue weighted by Crippen LogP contribution is -2.44. The van der Waals surface area contributed by atoms with Crippen LogP contribution >= 0.6 is 0 Å². The standard InChI is InChI=1S/C37H40N4/c38-23-25-19-20-33(32(21-25)26-9-2-1-3-10-26)40-29-13-6-12-27(22-29)30-14-7-18-36-37(30)31-15-8-17-35(31)41(36)34-16-5-4-11-28(34)24-39/h1-5,8-9,14,16-17,19-22,26,28-29,31-33,35-37,40H,6-7,10-13,15,18H2. The van der Waals surface area contributed by atoms with Crippen LogP contribution < -0.4 is 5.32 Å². The zero-order chi connectivity index (χ0) is 27.8. The minimum Gasteiger partial charge on any atom is -0.363 e. The zero-order valence-corrected chi connectivity index (χ0v) is 23.8. The van der Waals surface area contributed by atoms with Gasteiger partial charge in [0.05, 0.1) is 24.1 Å². The molecule has 7 aliphatic rings. The van der Waals surface area contributed by atoms with Gasteiger partial charge in [0.1, 0.15) is 0 Å². The first-order valence-corrected chi connectivity index (χ1v) is 15.8. The summed E-state index contributed by atoms with van der Waals surface area (Å²) in [5, 5.41) is 23.6. The van der Waals surface area contributed by atoms with Gasteiger partial charge >= 0.3 is 0 Å². The molecule has 9 atom stereocenters. The van der Waals surface area contributed by atoms with Crippen LogP contribution in [0.25, 0.3) is 0 Å². The van der Waals surface area contributed by atoms with Gasteiger partial charge in [0.15, 0.2) is 0 Å². The molecule has 208 valence electrons. The molecule has 0 spiro atoms. The van der Waals surface area contributed by atoms with Crippen LogP contribution in [0.3, 0.4) is 0 Å². The molecular weight excluding hydrogens is 500 g/mol. The summed E-state index contributed by atoms with van der Waals surface area (Å²) in [5.74, 6) is 1.79. The summed E-state index contributed by atoms with van der Waals surface area (Å²) >= 11 is 0. The fourth-order valence-electron chi connectivity index (χ4n) is 8.77. The molecule has 0 aromatic rings. The Morgan fingerprint density at radius 3 is 2.71 bits per heavy atom. The van der Waals surface area contributed by atoms with Gasteiger partial charge in [0, 0.05) is 41.2 Å². The Labute approximate surface area is 245 Å². The second-order valence-electron chi connectivity index (χ2n) is 12.8. The molecule has 0 aromatic heterocycles. The SMILES string of the molecule is N#CC1=CC(C2C=CC=CC2)C(NC2C=C(C3=CCCC4C3C3CC=CC3N4C3=CC=CCC3C#N)CCC2)C=C1. The van der Waals surface area contributed by atoms with Crippen molar-refractivity contribution in [1.29, 1.82) is 10.5 Å². The molecule has 6 aliphatic carbocycles. The van der Waals surface area contributed by atoms with Crippen LogP contribution in [-0.2, 0) is 0 Å². The van der Waals surface area contributed by atoms with Crippen molar-refractivity contribution < 1.29 is 0 Å². The Bertz CT molecular complexity index is 1410. The van der Waals surface area contributed by atoms with Crippen molar-refractivity contribution in [2.75, 3.05) is 0 Å². The second-order valence-corrected chi connectivity index (χ2v) is 12.8. The van der Waals surface area contributed by atoms with Gasteiger partial charge in [-0.1, -0.05) is 72.9 Å². The molecule has 41 heavy (non-hydrogen) atoms. The van der Waals surface area contributed by atoms with Gasteiger partial charge in [0.2, 0.25) is 0 Å². The first-order chi connectivity index (χ1) is 20.2. The van der Waals surface area contributed by atoms with E-state index in [-0.39, 0.29) is 17.9 Å². The molecular formula is C37H40N4. The normalized spacial score (nSPS) is 38.8. The summed E-state index contributed by atoms with van der Waals surface area (Å²) < 4.78 is 0. The van der Waals surface area contributed by atoms with Crippen molar-refractivity contribution in [3.63, 3.8) is 0 Å². The number of nitrogens with one attached hydrogen (secondary N) is 1. The second kappa shape index (κ2) is 11.3. The molecule has 4 heteroatoms. The molecule has 1 aliphatic heterocycles. The molecule has 1 fully saturated rings. The molecule has 1 heterocycles. The van der Waals surface area contributed by atoms with Gasteiger partial charge in [-0.15, -0.1) is 0 Å². The van der Waals surface area contributed by atoms with Crippen LogP contribution in [0.5, 0.6) is 0 Å². The minimum absolute atomic E-state index is 0.0353. The van der Waals surface area contributed by atoms with E-state index in [1.807, 2.05) is 6.08 Å². The number of nitriles is 2. The Hall–Kier alpha value is -3.60. The summed E-state index contributed by atoms with van der Waals surface area (Å²) in [7, 11) is 0. The minimum atomic E-state index is -0.0353. The van der Waals surface area contributed by atoms with E-state index >= 15 is 0 Å². The van der Waals surface area contributed by atoms with E-state index in [2.05, 4.69) is 101 Å². The molecule has 0 saturated carbocycles. The zero-order valence-electron chi connectivity index (χ0n) is 23.8. The van der Waals surface area contributed by atoms with Gasteiger partial charge in [-0.3, -0.25) is 0 Å². The van der Waals surface area contributed by atoms with E-state index < -0.39 is 0 Å². The average Bonchev–Trinajstić information content (AvgIpc) is 3.63. The summed E-state index contributed by atoms with van der Waals surface area (Å²) in [6.45, 7) is 0. The van der Waals surface area contributed by atoms with E-state index in [1.54, 1.807) is 11.1 Å². The molecule has 0 radical (unpaired) electrons. The molecule has 0 amide bonds. The van der Waals surface area contributed by atoms with E-state index in [9.17, 15) is 10.5 Å². The largest absolute Gasteiger partial charge is 0.363 e. The molecule has 4 nitrogen and oxygen atoms in total. The van der Waals surface area contributed by atoms with Crippen LogP contribution in [0.1, 0.15) is 51.4 Å². The Morgan fingerprint density at radius 1 is 0.927 bits per heavy atom. The third-order valence-electron chi connectivity index (χ3n) is 10.6. The summed E-state index contributed by atoms with van der Waals surface area (Å²) in [4.78, 5) is 2.67. The topological polar surface area (TPSA) is 62.9 Å². The van der Waals surface area contributed by atoms with Crippen molar-refractivity contribution in [3.8, 4) is 12.1 Å². The number of fused-ring (bicyclic) bond motifs is 3. The van der Waals surface area contributed by atoms with Crippen LogP contribution in [0.2, 0.25) is 0 Å². The van der Waals surface area contributed by atoms with Crippen molar-refractivity contribution in [2.24, 2.45) is 29.6 Å². The number of hydrogen-bond acceptors (Lipinski definition) is 4. The fourth-order valence-corrected chi connectivity index (χ4v) is 8.77. The van der Waals surface area contributed by atoms with Crippen LogP contribution in [0.4, 0.5) is 0 Å². The molecule has 1 saturated heterocycles. The van der Waals surface area contributed by atoms with E-state index in [0.29, 0.717) is 35.9 Å². The van der Waals surface area contributed by atoms with Gasteiger partial charge in [-0.2, -0.15) is 10.5 Å². The summed E-state index contributed by atoms with van der Waals surface area (Å²) in [6.07, 6.45) is 40.5. The number of allylic oxidation sites excluding steroid dienone is 13. The predicted molar refractivity (Wildman–Crippen MR) is 164 cm³/mol. The third-order valence-corrected chi connectivity index (χ3v) is 10.6. The number of hydrogen-bond donors (Lipinski definition) is 1. The van der Waals surface area contributed by atoms with Gasteiger partial charge in [0.25, 0.3) is 0 Å². The number of rotatable bonds is 5. The van der Waals surface area contributed by atoms with Crippen molar-refractivity contribution in [1.82, 2.24) is 10.2 Å². The molecule has 7 rings (SSSR count). The van der Waals surface area contributed by atoms with Crippen molar-refractivity contribution in [2.45, 2.75) is 75.5 Å². The van der Waals surface area contributed by atoms with E-state index in [1.165, 1.54) is 18.5 Å². The van der Waals surface area contributed by atoms with Crippen molar-refractivity contribution in [3.05, 3.63) is 107 Å². The highest BCUT2D eigenvalue weighted by Gasteiger charge is 2.52. The van der Waals surface area contributed by atoms with Crippen LogP contribution in [0.15, 0.2) is 107 Å². The maximum Gasteiger partial charge on any atom is 0.0988 e. The third kappa shape index (κ3) is 4.83. The molecule has 0 aromatic carbocycles. The van der Waals surface area contributed by atoms with Crippen LogP contribution in [0, 0.1) is 52.3 Å².